The molecule has 1 amide bonds. The number of nitrogens with zero attached hydrogens (tertiary/aromatic N) is 2. The van der Waals surface area contributed by atoms with Crippen molar-refractivity contribution in [2.45, 2.75) is 19.5 Å². The molecule has 0 radical (unpaired) electrons. The number of anilines is 1. The molecule has 0 aliphatic heterocycles. The lowest BCUT2D eigenvalue weighted by atomic mass is 10.0. The van der Waals surface area contributed by atoms with E-state index in [-0.39, 0.29) is 18.1 Å². The molecule has 0 fully saturated rings. The number of benzene rings is 3. The van der Waals surface area contributed by atoms with Crippen molar-refractivity contribution in [3.05, 3.63) is 99.1 Å². The molecular weight excluding hydrogens is 430 g/mol. The van der Waals surface area contributed by atoms with Gasteiger partial charge in [0, 0.05) is 23.7 Å². The van der Waals surface area contributed by atoms with Crippen LogP contribution < -0.4 is 10.1 Å². The summed E-state index contributed by atoms with van der Waals surface area (Å²) in [5.74, 6) is 0.326. The molecule has 0 bridgehead atoms. The Balaban J connectivity index is 1.91. The number of ether oxygens (including phenoxy) is 1. The van der Waals surface area contributed by atoms with Crippen LogP contribution in [0.1, 0.15) is 24.1 Å². The average molecular weight is 454 g/mol. The lowest BCUT2D eigenvalue weighted by molar-refractivity contribution is -0.384. The fraction of sp³-hybridized carbons (Fsp3) is 0.208. The fourth-order valence-corrected chi connectivity index (χ4v) is 3.63. The molecular formula is C24H24ClN3O4. The maximum atomic E-state index is 13.4. The molecule has 8 heteroatoms. The van der Waals surface area contributed by atoms with E-state index in [0.29, 0.717) is 28.6 Å². The van der Waals surface area contributed by atoms with Gasteiger partial charge in [0.05, 0.1) is 17.2 Å². The number of para-hydroxylation sites is 2. The van der Waals surface area contributed by atoms with Crippen LogP contribution in [-0.4, -0.2) is 29.4 Å². The van der Waals surface area contributed by atoms with Gasteiger partial charge in [-0.05, 0) is 43.3 Å². The summed E-state index contributed by atoms with van der Waals surface area (Å²) >= 11 is 6.29. The summed E-state index contributed by atoms with van der Waals surface area (Å²) in [6, 6.07) is 20.2. The van der Waals surface area contributed by atoms with Crippen LogP contribution in [0.2, 0.25) is 5.02 Å². The Morgan fingerprint density at radius 2 is 1.81 bits per heavy atom. The van der Waals surface area contributed by atoms with Gasteiger partial charge in [0.15, 0.2) is 0 Å². The largest absolute Gasteiger partial charge is 0.492 e. The van der Waals surface area contributed by atoms with E-state index >= 15 is 0 Å². The number of amides is 1. The Kier molecular flexibility index (Phi) is 7.81. The maximum absolute atomic E-state index is 13.4. The van der Waals surface area contributed by atoms with Gasteiger partial charge < -0.3 is 10.1 Å². The Morgan fingerprint density at radius 1 is 1.12 bits per heavy atom. The molecule has 3 aromatic rings. The Bertz CT molecular complexity index is 1090. The lowest BCUT2D eigenvalue weighted by Crippen LogP contribution is -2.34. The second-order valence-corrected chi connectivity index (χ2v) is 7.59. The number of carbonyl (C=O) groups excluding carboxylic acids is 1. The number of halogens is 1. The number of hydrogen-bond donors (Lipinski definition) is 1. The SMILES string of the molecule is CCOc1ccccc1NC(=O)C(c1ccccc1)N(C)Cc1cc([N+](=O)[O-])ccc1Cl. The molecule has 3 rings (SSSR count). The first-order valence-corrected chi connectivity index (χ1v) is 10.5. The molecule has 0 aliphatic rings. The summed E-state index contributed by atoms with van der Waals surface area (Å²) in [6.07, 6.45) is 0. The molecule has 1 atom stereocenters. The van der Waals surface area contributed by atoms with Gasteiger partial charge in [0.25, 0.3) is 5.69 Å². The molecule has 0 aliphatic carbocycles. The molecule has 0 saturated heterocycles. The Hall–Kier alpha value is -3.42. The molecule has 0 spiro atoms. The van der Waals surface area contributed by atoms with E-state index in [1.165, 1.54) is 18.2 Å². The van der Waals surface area contributed by atoms with E-state index in [9.17, 15) is 14.9 Å². The minimum Gasteiger partial charge on any atom is -0.492 e. The summed E-state index contributed by atoms with van der Waals surface area (Å²) in [7, 11) is 1.78. The van der Waals surface area contributed by atoms with Crippen molar-refractivity contribution < 1.29 is 14.5 Å². The first kappa shape index (κ1) is 23.2. The standard InChI is InChI=1S/C24H24ClN3O4/c1-3-32-22-12-8-7-11-21(22)26-24(29)23(17-9-5-4-6-10-17)27(2)16-18-15-19(28(30)31)13-14-20(18)25/h4-15,23H,3,16H2,1-2H3,(H,26,29). The van der Waals surface area contributed by atoms with Crippen molar-refractivity contribution in [3.8, 4) is 5.75 Å². The van der Waals surface area contributed by atoms with Gasteiger partial charge in [-0.2, -0.15) is 0 Å². The van der Waals surface area contributed by atoms with E-state index < -0.39 is 11.0 Å². The van der Waals surface area contributed by atoms with Crippen LogP contribution in [0.4, 0.5) is 11.4 Å². The summed E-state index contributed by atoms with van der Waals surface area (Å²) in [5.41, 5.74) is 1.86. The number of rotatable bonds is 9. The smallest absolute Gasteiger partial charge is 0.269 e. The molecule has 3 aromatic carbocycles. The number of nitro benzene ring substituents is 1. The zero-order chi connectivity index (χ0) is 23.1. The monoisotopic (exact) mass is 453 g/mol. The first-order valence-electron chi connectivity index (χ1n) is 10.1. The summed E-state index contributed by atoms with van der Waals surface area (Å²) in [6.45, 7) is 2.59. The molecule has 0 heterocycles. The second-order valence-electron chi connectivity index (χ2n) is 7.18. The molecule has 0 saturated carbocycles. The average Bonchev–Trinajstić information content (AvgIpc) is 2.77. The van der Waals surface area contributed by atoms with Gasteiger partial charge in [-0.25, -0.2) is 0 Å². The molecule has 32 heavy (non-hydrogen) atoms. The second kappa shape index (κ2) is 10.7. The van der Waals surface area contributed by atoms with Crippen molar-refractivity contribution in [2.75, 3.05) is 19.0 Å². The van der Waals surface area contributed by atoms with Crippen molar-refractivity contribution in [3.63, 3.8) is 0 Å². The van der Waals surface area contributed by atoms with Crippen LogP contribution in [-0.2, 0) is 11.3 Å². The van der Waals surface area contributed by atoms with Crippen LogP contribution in [0.25, 0.3) is 0 Å². The highest BCUT2D eigenvalue weighted by Gasteiger charge is 2.27. The molecule has 7 nitrogen and oxygen atoms in total. The lowest BCUT2D eigenvalue weighted by Gasteiger charge is -2.28. The van der Waals surface area contributed by atoms with Gasteiger partial charge in [0.2, 0.25) is 5.91 Å². The van der Waals surface area contributed by atoms with Gasteiger partial charge >= 0.3 is 0 Å². The van der Waals surface area contributed by atoms with Crippen LogP contribution in [0, 0.1) is 10.1 Å². The van der Waals surface area contributed by atoms with Gasteiger partial charge in [-0.1, -0.05) is 54.1 Å². The normalized spacial score (nSPS) is 11.8. The zero-order valence-corrected chi connectivity index (χ0v) is 18.6. The van der Waals surface area contributed by atoms with Crippen molar-refractivity contribution in [1.82, 2.24) is 4.90 Å². The number of likely N-dealkylation sites (N-methyl/N-ethyl adjacent to an activating group) is 1. The number of nitro groups is 1. The summed E-state index contributed by atoms with van der Waals surface area (Å²) < 4.78 is 5.62. The van der Waals surface area contributed by atoms with E-state index in [0.717, 1.165) is 5.56 Å². The number of carbonyl (C=O) groups is 1. The van der Waals surface area contributed by atoms with Gasteiger partial charge in [-0.3, -0.25) is 19.8 Å². The van der Waals surface area contributed by atoms with E-state index in [1.54, 1.807) is 24.1 Å². The van der Waals surface area contributed by atoms with E-state index in [2.05, 4.69) is 5.32 Å². The Morgan fingerprint density at radius 3 is 2.50 bits per heavy atom. The predicted molar refractivity (Wildman–Crippen MR) is 125 cm³/mol. The highest BCUT2D eigenvalue weighted by Crippen LogP contribution is 2.30. The quantitative estimate of drug-likeness (QED) is 0.343. The topological polar surface area (TPSA) is 84.7 Å². The molecule has 0 aromatic heterocycles. The summed E-state index contributed by atoms with van der Waals surface area (Å²) in [5, 5.41) is 14.5. The zero-order valence-electron chi connectivity index (χ0n) is 17.8. The van der Waals surface area contributed by atoms with Crippen molar-refractivity contribution in [2.24, 2.45) is 0 Å². The minimum atomic E-state index is -0.666. The van der Waals surface area contributed by atoms with Gasteiger partial charge in [0.1, 0.15) is 11.8 Å². The number of non-ortho nitro benzene ring substituents is 1. The highest BCUT2D eigenvalue weighted by molar-refractivity contribution is 6.31. The third-order valence-corrected chi connectivity index (χ3v) is 5.28. The first-order chi connectivity index (χ1) is 15.4. The number of hydrogen-bond acceptors (Lipinski definition) is 5. The van der Waals surface area contributed by atoms with Gasteiger partial charge in [-0.15, -0.1) is 0 Å². The highest BCUT2D eigenvalue weighted by atomic mass is 35.5. The summed E-state index contributed by atoms with van der Waals surface area (Å²) in [4.78, 5) is 25.9. The van der Waals surface area contributed by atoms with Crippen LogP contribution >= 0.6 is 11.6 Å². The molecule has 166 valence electrons. The molecule has 1 unspecified atom stereocenters. The van der Waals surface area contributed by atoms with Crippen molar-refractivity contribution in [1.29, 1.82) is 0 Å². The maximum Gasteiger partial charge on any atom is 0.269 e. The third-order valence-electron chi connectivity index (χ3n) is 4.91. The van der Waals surface area contributed by atoms with E-state index in [1.807, 2.05) is 49.4 Å². The Labute approximate surface area is 191 Å². The predicted octanol–water partition coefficient (Wildman–Crippen LogP) is 5.46. The van der Waals surface area contributed by atoms with Crippen LogP contribution in [0.5, 0.6) is 5.75 Å². The van der Waals surface area contributed by atoms with Crippen molar-refractivity contribution >= 4 is 28.9 Å². The fourth-order valence-electron chi connectivity index (χ4n) is 3.45. The van der Waals surface area contributed by atoms with Crippen LogP contribution in [0.3, 0.4) is 0 Å². The van der Waals surface area contributed by atoms with E-state index in [4.69, 9.17) is 16.3 Å². The third kappa shape index (κ3) is 5.63. The van der Waals surface area contributed by atoms with Crippen LogP contribution in [0.15, 0.2) is 72.8 Å². The molecule has 1 N–H and O–H groups in total. The number of nitrogens with one attached hydrogen (secondary N) is 1. The minimum absolute atomic E-state index is 0.0517.